The molecule has 1 unspecified atom stereocenters. The molecule has 0 radical (unpaired) electrons. The van der Waals surface area contributed by atoms with Crippen molar-refractivity contribution in [3.05, 3.63) is 95.6 Å². The highest BCUT2D eigenvalue weighted by molar-refractivity contribution is 7.85. The number of benzene rings is 3. The van der Waals surface area contributed by atoms with Crippen molar-refractivity contribution in [2.24, 2.45) is 4.99 Å². The SMILES string of the molecule is Cc1ccc(S(=O)c2ccccc2C2=N[C@H](c3ccccc3)CO2)cc1. The van der Waals surface area contributed by atoms with E-state index in [0.29, 0.717) is 12.5 Å². The second kappa shape index (κ2) is 7.26. The molecule has 0 fully saturated rings. The molecular formula is C22H19NO2S. The van der Waals surface area contributed by atoms with Crippen molar-refractivity contribution in [1.82, 2.24) is 0 Å². The molecule has 0 aromatic heterocycles. The van der Waals surface area contributed by atoms with Crippen molar-refractivity contribution >= 4 is 16.7 Å². The number of aliphatic imine (C=N–C) groups is 1. The number of nitrogens with zero attached hydrogens (tertiary/aromatic N) is 1. The van der Waals surface area contributed by atoms with Crippen LogP contribution in [0.2, 0.25) is 0 Å². The van der Waals surface area contributed by atoms with Crippen LogP contribution in [0.3, 0.4) is 0 Å². The van der Waals surface area contributed by atoms with Crippen LogP contribution in [0.25, 0.3) is 0 Å². The van der Waals surface area contributed by atoms with Crippen molar-refractivity contribution in [3.8, 4) is 0 Å². The minimum atomic E-state index is -1.28. The fourth-order valence-corrected chi connectivity index (χ4v) is 4.16. The van der Waals surface area contributed by atoms with E-state index in [4.69, 9.17) is 9.73 Å². The van der Waals surface area contributed by atoms with Gasteiger partial charge in [-0.1, -0.05) is 60.2 Å². The molecular weight excluding hydrogens is 342 g/mol. The zero-order valence-electron chi connectivity index (χ0n) is 14.5. The molecule has 4 rings (SSSR count). The van der Waals surface area contributed by atoms with Crippen LogP contribution in [0, 0.1) is 6.92 Å². The smallest absolute Gasteiger partial charge is 0.218 e. The maximum absolute atomic E-state index is 13.1. The summed E-state index contributed by atoms with van der Waals surface area (Å²) in [7, 11) is -1.28. The summed E-state index contributed by atoms with van der Waals surface area (Å²) in [6, 6.07) is 25.5. The highest BCUT2D eigenvalue weighted by atomic mass is 32.2. The van der Waals surface area contributed by atoms with E-state index in [1.165, 1.54) is 0 Å². The van der Waals surface area contributed by atoms with Gasteiger partial charge in [0.25, 0.3) is 0 Å². The maximum atomic E-state index is 13.1. The van der Waals surface area contributed by atoms with Crippen LogP contribution >= 0.6 is 0 Å². The van der Waals surface area contributed by atoms with Crippen LogP contribution < -0.4 is 0 Å². The van der Waals surface area contributed by atoms with Crippen LogP contribution in [0.15, 0.2) is 93.6 Å². The summed E-state index contributed by atoms with van der Waals surface area (Å²) in [5, 5.41) is 0. The van der Waals surface area contributed by atoms with Gasteiger partial charge >= 0.3 is 0 Å². The van der Waals surface area contributed by atoms with Gasteiger partial charge in [-0.15, -0.1) is 0 Å². The third-order valence-electron chi connectivity index (χ3n) is 4.39. The van der Waals surface area contributed by atoms with E-state index in [0.717, 1.165) is 26.5 Å². The Morgan fingerprint density at radius 2 is 1.62 bits per heavy atom. The van der Waals surface area contributed by atoms with Gasteiger partial charge in [-0.05, 0) is 36.8 Å². The number of hydrogen-bond acceptors (Lipinski definition) is 3. The summed E-state index contributed by atoms with van der Waals surface area (Å²) in [4.78, 5) is 6.24. The summed E-state index contributed by atoms with van der Waals surface area (Å²) >= 11 is 0. The molecule has 0 amide bonds. The van der Waals surface area contributed by atoms with Crippen LogP contribution in [0.1, 0.15) is 22.7 Å². The predicted octanol–water partition coefficient (Wildman–Crippen LogP) is 4.68. The normalized spacial score (nSPS) is 17.4. The fourth-order valence-electron chi connectivity index (χ4n) is 2.96. The Kier molecular flexibility index (Phi) is 4.67. The first-order valence-electron chi connectivity index (χ1n) is 8.56. The largest absolute Gasteiger partial charge is 0.475 e. The fraction of sp³-hybridized carbons (Fsp3) is 0.136. The molecule has 4 heteroatoms. The van der Waals surface area contributed by atoms with Gasteiger partial charge in [0.15, 0.2) is 0 Å². The molecule has 1 aliphatic heterocycles. The van der Waals surface area contributed by atoms with Gasteiger partial charge in [0, 0.05) is 4.90 Å². The minimum Gasteiger partial charge on any atom is -0.475 e. The van der Waals surface area contributed by atoms with Gasteiger partial charge in [0.05, 0.1) is 21.3 Å². The standard InChI is InChI=1S/C22H19NO2S/c1-16-11-13-18(14-12-16)26(24)21-10-6-5-9-19(21)22-23-20(15-25-22)17-7-3-2-4-8-17/h2-14,20H,15H2,1H3/t20-,26?/m0/s1. The van der Waals surface area contributed by atoms with Crippen LogP contribution in [-0.2, 0) is 15.5 Å². The zero-order chi connectivity index (χ0) is 17.9. The van der Waals surface area contributed by atoms with Crippen molar-refractivity contribution in [2.45, 2.75) is 22.8 Å². The molecule has 0 saturated heterocycles. The first-order valence-corrected chi connectivity index (χ1v) is 9.71. The van der Waals surface area contributed by atoms with Crippen molar-refractivity contribution in [2.75, 3.05) is 6.61 Å². The summed E-state index contributed by atoms with van der Waals surface area (Å²) in [6.07, 6.45) is 0. The van der Waals surface area contributed by atoms with E-state index < -0.39 is 10.8 Å². The second-order valence-corrected chi connectivity index (χ2v) is 7.70. The van der Waals surface area contributed by atoms with Crippen LogP contribution in [0.5, 0.6) is 0 Å². The Balaban J connectivity index is 1.68. The molecule has 0 bridgehead atoms. The average molecular weight is 361 g/mol. The predicted molar refractivity (Wildman–Crippen MR) is 104 cm³/mol. The van der Waals surface area contributed by atoms with E-state index in [2.05, 4.69) is 12.1 Å². The monoisotopic (exact) mass is 361 g/mol. The molecule has 26 heavy (non-hydrogen) atoms. The highest BCUT2D eigenvalue weighted by Crippen LogP contribution is 2.28. The highest BCUT2D eigenvalue weighted by Gasteiger charge is 2.24. The Hall–Kier alpha value is -2.72. The molecule has 3 aromatic rings. The molecule has 1 aliphatic rings. The van der Waals surface area contributed by atoms with Gasteiger partial charge in [-0.3, -0.25) is 0 Å². The second-order valence-electron chi connectivity index (χ2n) is 6.25. The van der Waals surface area contributed by atoms with Gasteiger partial charge < -0.3 is 4.74 Å². The van der Waals surface area contributed by atoms with Gasteiger partial charge in [-0.2, -0.15) is 0 Å². The number of ether oxygens (including phenoxy) is 1. The molecule has 0 spiro atoms. The van der Waals surface area contributed by atoms with E-state index in [1.54, 1.807) is 0 Å². The quantitative estimate of drug-likeness (QED) is 0.677. The maximum Gasteiger partial charge on any atom is 0.218 e. The average Bonchev–Trinajstić information content (AvgIpc) is 3.19. The van der Waals surface area contributed by atoms with Crippen molar-refractivity contribution in [3.63, 3.8) is 0 Å². The molecule has 2 atom stereocenters. The number of rotatable bonds is 4. The summed E-state index contributed by atoms with van der Waals surface area (Å²) < 4.78 is 19.0. The van der Waals surface area contributed by atoms with E-state index in [9.17, 15) is 4.21 Å². The van der Waals surface area contributed by atoms with Crippen molar-refractivity contribution in [1.29, 1.82) is 0 Å². The molecule has 1 heterocycles. The zero-order valence-corrected chi connectivity index (χ0v) is 15.3. The lowest BCUT2D eigenvalue weighted by Gasteiger charge is -2.09. The summed E-state index contributed by atoms with van der Waals surface area (Å²) in [5.74, 6) is 0.565. The van der Waals surface area contributed by atoms with Crippen molar-refractivity contribution < 1.29 is 8.95 Å². The lowest BCUT2D eigenvalue weighted by atomic mass is 10.1. The summed E-state index contributed by atoms with van der Waals surface area (Å²) in [5.41, 5.74) is 3.07. The third-order valence-corrected chi connectivity index (χ3v) is 5.84. The third kappa shape index (κ3) is 3.33. The topological polar surface area (TPSA) is 38.7 Å². The molecule has 0 saturated carbocycles. The Labute approximate surface area is 155 Å². The molecule has 0 aliphatic carbocycles. The summed E-state index contributed by atoms with van der Waals surface area (Å²) in [6.45, 7) is 2.52. The van der Waals surface area contributed by atoms with E-state index in [1.807, 2.05) is 73.7 Å². The molecule has 130 valence electrons. The first-order chi connectivity index (χ1) is 12.7. The first kappa shape index (κ1) is 16.7. The number of aryl methyl sites for hydroxylation is 1. The number of hydrogen-bond donors (Lipinski definition) is 0. The Bertz CT molecular complexity index is 965. The van der Waals surface area contributed by atoms with E-state index in [-0.39, 0.29) is 6.04 Å². The van der Waals surface area contributed by atoms with Gasteiger partial charge in [-0.25, -0.2) is 9.20 Å². The molecule has 3 nitrogen and oxygen atoms in total. The van der Waals surface area contributed by atoms with Crippen LogP contribution in [0.4, 0.5) is 0 Å². The van der Waals surface area contributed by atoms with Crippen LogP contribution in [-0.4, -0.2) is 16.7 Å². The van der Waals surface area contributed by atoms with E-state index >= 15 is 0 Å². The Morgan fingerprint density at radius 3 is 2.38 bits per heavy atom. The van der Waals surface area contributed by atoms with Gasteiger partial charge in [0.1, 0.15) is 12.6 Å². The minimum absolute atomic E-state index is 0.0212. The Morgan fingerprint density at radius 1 is 0.923 bits per heavy atom. The lowest BCUT2D eigenvalue weighted by molar-refractivity contribution is 0.319. The molecule has 3 aromatic carbocycles. The molecule has 0 N–H and O–H groups in total. The lowest BCUT2D eigenvalue weighted by Crippen LogP contribution is -2.07. The van der Waals surface area contributed by atoms with Gasteiger partial charge in [0.2, 0.25) is 5.90 Å².